The van der Waals surface area contributed by atoms with Crippen LogP contribution in [0.5, 0.6) is 0 Å². The Morgan fingerprint density at radius 3 is 0.986 bits per heavy atom. The smallest absolute Gasteiger partial charge is 0.327 e. The number of urea groups is 1. The number of likely N-dealkylation sites (N-methyl/N-ethyl adjacent to an activating group) is 4. The van der Waals surface area contributed by atoms with Gasteiger partial charge >= 0.3 is 11.4 Å². The highest BCUT2D eigenvalue weighted by Gasteiger charge is 2.44. The summed E-state index contributed by atoms with van der Waals surface area (Å²) in [4.78, 5) is 67.1. The molecule has 794 valence electrons. The van der Waals surface area contributed by atoms with Crippen LogP contribution in [0.1, 0.15) is 154 Å². The van der Waals surface area contributed by atoms with Crippen molar-refractivity contribution in [3.05, 3.63) is 252 Å². The molecule has 0 N–H and O–H groups in total. The van der Waals surface area contributed by atoms with Crippen molar-refractivity contribution >= 4 is 99.5 Å². The van der Waals surface area contributed by atoms with E-state index in [1.54, 1.807) is 72.0 Å². The molecule has 0 bridgehead atoms. The van der Waals surface area contributed by atoms with Gasteiger partial charge in [0.15, 0.2) is 24.7 Å². The van der Waals surface area contributed by atoms with Gasteiger partial charge < -0.3 is 23.5 Å². The Balaban J connectivity index is 0.000000222. The number of hydrogen-bond acceptors (Lipinski definition) is 16. The minimum Gasteiger partial charge on any atom is -0.381 e. The van der Waals surface area contributed by atoms with Crippen LogP contribution in [-0.2, 0) is 6.42 Å². The summed E-state index contributed by atoms with van der Waals surface area (Å²) in [5.41, 5.74) is 16.8. The Labute approximate surface area is 885 Å². The number of amides is 3. The third-order valence-electron chi connectivity index (χ3n) is 30.0. The molecular formula is C115H197ClN16O3Si8. The Morgan fingerprint density at radius 2 is 0.685 bits per heavy atom. The molecule has 0 spiro atoms. The van der Waals surface area contributed by atoms with Crippen molar-refractivity contribution in [2.75, 3.05) is 123 Å². The summed E-state index contributed by atoms with van der Waals surface area (Å²) in [5, 5.41) is 1.15. The first-order valence-corrected chi connectivity index (χ1v) is 81.9. The summed E-state index contributed by atoms with van der Waals surface area (Å²) in [6.07, 6.45) is 60.6. The summed E-state index contributed by atoms with van der Waals surface area (Å²) in [6, 6.07) is 32.8. The molecule has 14 heterocycles. The Hall–Kier alpha value is -6.63. The lowest BCUT2D eigenvalue weighted by molar-refractivity contribution is 0.112. The summed E-state index contributed by atoms with van der Waals surface area (Å²) < 4.78 is 7.64. The summed E-state index contributed by atoms with van der Waals surface area (Å²) in [6.45, 7) is 67.5. The highest BCUT2D eigenvalue weighted by atomic mass is 35.5. The van der Waals surface area contributed by atoms with Gasteiger partial charge in [-0.15, -0.1) is 0 Å². The fourth-order valence-corrected chi connectivity index (χ4v) is 34.2. The van der Waals surface area contributed by atoms with Crippen LogP contribution < -0.4 is 5.19 Å². The maximum absolute atomic E-state index is 12.2. The van der Waals surface area contributed by atoms with Crippen molar-refractivity contribution in [1.82, 2.24) is 77.6 Å². The molecule has 4 unspecified atom stereocenters. The molecule has 0 aliphatic carbocycles. The zero-order valence-electron chi connectivity index (χ0n) is 95.2. The quantitative estimate of drug-likeness (QED) is 0.0356. The lowest BCUT2D eigenvalue weighted by atomic mass is 10.00. The number of benzene rings is 2. The van der Waals surface area contributed by atoms with Crippen LogP contribution in [0, 0.1) is 0 Å². The van der Waals surface area contributed by atoms with Gasteiger partial charge in [-0.05, 0) is 325 Å². The summed E-state index contributed by atoms with van der Waals surface area (Å²) in [5.74, 6) is 0. The molecule has 143 heavy (non-hydrogen) atoms. The molecular weight excluding hydrogens is 1910 g/mol. The summed E-state index contributed by atoms with van der Waals surface area (Å²) in [7, 11) is 12.5. The normalized spacial score (nSPS) is 24.1. The molecule has 28 heteroatoms. The number of nitrogens with zero attached hydrogens (tertiary/aromatic N) is 16. The lowest BCUT2D eigenvalue weighted by Gasteiger charge is -2.41. The average molecular weight is 2110 g/mol. The maximum Gasteiger partial charge on any atom is 0.327 e. The Bertz CT molecular complexity index is 4810. The van der Waals surface area contributed by atoms with Crippen LogP contribution in [0.15, 0.2) is 218 Å². The van der Waals surface area contributed by atoms with Gasteiger partial charge in [0.2, 0.25) is 0 Å². The zero-order valence-corrected chi connectivity index (χ0v) is 104. The first-order chi connectivity index (χ1) is 66.3. The van der Waals surface area contributed by atoms with Crippen molar-refractivity contribution < 1.29 is 14.4 Å². The number of halogens is 1. The molecule has 11 aliphatic heterocycles. The summed E-state index contributed by atoms with van der Waals surface area (Å²) >= 11 is 4.90. The Morgan fingerprint density at radius 1 is 0.364 bits per heavy atom. The molecule has 7 saturated heterocycles. The number of allylic oxidation sites excluding steroid dienone is 4. The maximum atomic E-state index is 12.2. The van der Waals surface area contributed by atoms with Gasteiger partial charge in [0.25, 0.3) is 0 Å². The fourth-order valence-electron chi connectivity index (χ4n) is 21.6. The second-order valence-corrected chi connectivity index (χ2v) is 91.9. The molecule has 16 rings (SSSR count). The van der Waals surface area contributed by atoms with Gasteiger partial charge in [-0.2, -0.15) is 0 Å². The van der Waals surface area contributed by atoms with Crippen molar-refractivity contribution in [2.45, 2.75) is 325 Å². The molecule has 11 atom stereocenters. The number of carbonyl (C=O) groups excluding carboxylic acids is 3. The van der Waals surface area contributed by atoms with E-state index in [1.807, 2.05) is 61.4 Å². The average Bonchev–Trinajstić information content (AvgIpc) is 1.78. The van der Waals surface area contributed by atoms with Crippen LogP contribution in [-0.4, -0.2) is 308 Å². The van der Waals surface area contributed by atoms with Gasteiger partial charge in [-0.3, -0.25) is 63.7 Å². The molecule has 3 aromatic heterocycles. The first kappa shape index (κ1) is 123. The number of carbonyl (C=O) groups is 3. The van der Waals surface area contributed by atoms with E-state index in [0.29, 0.717) is 64.5 Å². The lowest BCUT2D eigenvalue weighted by Crippen LogP contribution is -2.44. The van der Waals surface area contributed by atoms with Gasteiger partial charge in [-0.1, -0.05) is 267 Å². The Kier molecular flexibility index (Phi) is 47.6. The fraction of sp³-hybridized carbons (Fsp3) is 0.600. The molecule has 0 saturated carbocycles. The minimum atomic E-state index is -1.34. The predicted octanol–water partition coefficient (Wildman–Crippen LogP) is 26.9. The monoisotopic (exact) mass is 2110 g/mol. The topological polar surface area (TPSA) is 132 Å². The number of likely N-dealkylation sites (tertiary alicyclic amines) is 7. The second-order valence-electron chi connectivity index (χ2n) is 50.5. The molecule has 3 amide bonds. The van der Waals surface area contributed by atoms with Crippen LogP contribution in [0.2, 0.25) is 179 Å². The van der Waals surface area contributed by atoms with E-state index < -0.39 is 70.4 Å². The third kappa shape index (κ3) is 37.2. The van der Waals surface area contributed by atoms with Crippen molar-refractivity contribution in [1.29, 1.82) is 0 Å². The van der Waals surface area contributed by atoms with Gasteiger partial charge in [-0.25, -0.2) is 4.79 Å². The van der Waals surface area contributed by atoms with Gasteiger partial charge in [0, 0.05) is 126 Å². The first-order valence-electron chi connectivity index (χ1n) is 53.4. The second kappa shape index (κ2) is 55.2. The molecule has 7 fully saturated rings. The van der Waals surface area contributed by atoms with Crippen molar-refractivity contribution in [3.63, 3.8) is 0 Å². The van der Waals surface area contributed by atoms with E-state index in [4.69, 9.17) is 11.6 Å². The number of aldehydes is 1. The number of pyridine rings is 3. The molecule has 0 radical (unpaired) electrons. The van der Waals surface area contributed by atoms with E-state index in [2.05, 4.69) is 392 Å². The molecule has 19 nitrogen and oxygen atoms in total. The highest BCUT2D eigenvalue weighted by molar-refractivity contribution is 6.89. The number of rotatable bonds is 18. The van der Waals surface area contributed by atoms with E-state index in [-0.39, 0.29) is 13.5 Å². The zero-order chi connectivity index (χ0) is 105. The number of aromatic nitrogens is 3. The highest BCUT2D eigenvalue weighted by Crippen LogP contribution is 2.47. The van der Waals surface area contributed by atoms with Gasteiger partial charge in [0.05, 0.1) is 40.4 Å². The van der Waals surface area contributed by atoms with E-state index in [9.17, 15) is 14.4 Å². The number of hydrogen-bond donors (Lipinski definition) is 0. The van der Waals surface area contributed by atoms with Crippen LogP contribution >= 0.6 is 11.6 Å². The van der Waals surface area contributed by atoms with Crippen molar-refractivity contribution in [3.8, 4) is 0 Å². The minimum absolute atomic E-state index is 0. The molecule has 2 aromatic carbocycles. The van der Waals surface area contributed by atoms with Crippen LogP contribution in [0.4, 0.5) is 9.59 Å². The van der Waals surface area contributed by atoms with E-state index in [0.717, 1.165) is 24.8 Å². The molecule has 5 aromatic rings. The van der Waals surface area contributed by atoms with Crippen LogP contribution in [0.3, 0.4) is 0 Å². The molecule has 11 aliphatic rings. The predicted molar refractivity (Wildman–Crippen MR) is 639 cm³/mol. The standard InChI is InChI=1S/C17H20N2.C16H29N3OSi.3C16H32N2Si2.C13H22N2Si.C10H14N2.C7H6O.C3H6ClNO.CH4/c1-19-9-5-8-17(19)16-11-15(12-18-13-16)10-14-6-3-2-4-7-14;1-17(2)16(20)19-11-9-15(21(4,5)6)13(12-19)14-8-7-10-18(14)3;3*1-17-11-8-9-15(17)14-13-18(20(5,6)7)12-10-16(14)19(2,3)4;1-15-9-5-6-12(15)11-10-14-8-7-13(11)16(2,3)4;1-12-7-3-5-10(12)9-4-2-6-11-8-9;8-6-7-4-2-1-3-5-7;1-5(2)3(4)6;/h2-4,6-7,11-13,17H,5,8-10H2,1H3;9,11-12,14-15H,7-8,10H2,1-6H3;3*10,12-13,15-16H,8-9,11H2,1-7H3;7-8,10,12H,5-6,9H2,1-4H3;2,4,6,8,10H,3,5,7H2,1H3;1-6H;1-2H3;1H4/t17-;14-,15?;3*15-,16?;12-;10-;;;/m0000000.../s1. The third-order valence-corrected chi connectivity index (χ3v) is 47.5. The van der Waals surface area contributed by atoms with Gasteiger partial charge in [0.1, 0.15) is 6.29 Å². The SMILES string of the molecule is C.CN(C)C(=O)Cl.CN(C)C(=O)N1C=CC([Si](C)(C)C)C([C@@H]2CCCN2C)=C1.CN1CCC[C@H]1C1=CN([Si](C)(C)C)C=CC1[Si](C)(C)C.CN1CCC[C@H]1C1=CN([Si](C)(C)C)C=CC1[Si](C)(C)C.CN1CCC[C@H]1C1=CN([Si](C)(C)C)C=CC1[Si](C)(C)C.CN1CCC[C@H]1c1cccnc1.CN1CCC[C@H]1c1cncc(Cc2ccccc2)c1.CN1CCC[C@H]1c1cnccc1[Si](C)(C)C.O=Cc1ccccc1. The largest absolute Gasteiger partial charge is 0.381 e. The van der Waals surface area contributed by atoms with E-state index in [1.165, 1.54) is 167 Å². The van der Waals surface area contributed by atoms with E-state index >= 15 is 0 Å². The van der Waals surface area contributed by atoms with Crippen molar-refractivity contribution in [2.24, 2.45) is 0 Å². The van der Waals surface area contributed by atoms with Crippen LogP contribution in [0.25, 0.3) is 0 Å².